The summed E-state index contributed by atoms with van der Waals surface area (Å²) in [5.74, 6) is 0.541. The van der Waals surface area contributed by atoms with Crippen molar-refractivity contribution in [3.63, 3.8) is 0 Å². The van der Waals surface area contributed by atoms with E-state index in [1.807, 2.05) is 0 Å². The molecule has 0 amide bonds. The molecule has 0 spiro atoms. The van der Waals surface area contributed by atoms with Crippen molar-refractivity contribution in [3.05, 3.63) is 0 Å². The molecule has 0 aliphatic carbocycles. The van der Waals surface area contributed by atoms with Gasteiger partial charge in [0.05, 0.1) is 11.9 Å². The van der Waals surface area contributed by atoms with Crippen molar-refractivity contribution in [2.24, 2.45) is 5.92 Å². The summed E-state index contributed by atoms with van der Waals surface area (Å²) in [6.07, 6.45) is 2.15. The van der Waals surface area contributed by atoms with Gasteiger partial charge in [-0.25, -0.2) is 12.7 Å². The lowest BCUT2D eigenvalue weighted by molar-refractivity contribution is 0.0745. The molecule has 2 atom stereocenters. The Morgan fingerprint density at radius 3 is 2.88 bits per heavy atom. The molecule has 2 aliphatic rings. The van der Waals surface area contributed by atoms with Crippen LogP contribution in [-0.4, -0.2) is 55.9 Å². The number of β-amino-alcohol motifs (C(OH)–C–C–N with tert-alkyl or cyclic N) is 1. The zero-order valence-corrected chi connectivity index (χ0v) is 10.2. The van der Waals surface area contributed by atoms with Gasteiger partial charge in [0.15, 0.2) is 0 Å². The third-order valence-corrected chi connectivity index (χ3v) is 5.50. The highest BCUT2D eigenvalue weighted by molar-refractivity contribution is 7.89. The largest absolute Gasteiger partial charge is 0.392 e. The number of aliphatic hydroxyl groups is 1. The summed E-state index contributed by atoms with van der Waals surface area (Å²) in [7, 11) is -2.97. The zero-order valence-electron chi connectivity index (χ0n) is 9.43. The van der Waals surface area contributed by atoms with Crippen LogP contribution in [-0.2, 0) is 10.0 Å². The molecular formula is C10H20N2O3S. The van der Waals surface area contributed by atoms with E-state index < -0.39 is 10.0 Å². The Kier molecular flexibility index (Phi) is 3.84. The highest BCUT2D eigenvalue weighted by Gasteiger charge is 2.30. The summed E-state index contributed by atoms with van der Waals surface area (Å²) < 4.78 is 24.7. The van der Waals surface area contributed by atoms with E-state index in [2.05, 4.69) is 5.32 Å². The number of piperidine rings is 1. The van der Waals surface area contributed by atoms with Crippen molar-refractivity contribution in [1.29, 1.82) is 0 Å². The molecule has 0 bridgehead atoms. The molecule has 0 radical (unpaired) electrons. The maximum Gasteiger partial charge on any atom is 0.214 e. The average Bonchev–Trinajstić information content (AvgIpc) is 2.57. The predicted octanol–water partition coefficient (Wildman–Crippen LogP) is -0.618. The average molecular weight is 248 g/mol. The molecule has 94 valence electrons. The van der Waals surface area contributed by atoms with Gasteiger partial charge in [-0.3, -0.25) is 0 Å². The van der Waals surface area contributed by atoms with Crippen LogP contribution in [0.15, 0.2) is 0 Å². The van der Waals surface area contributed by atoms with E-state index in [1.165, 1.54) is 0 Å². The Morgan fingerprint density at radius 2 is 2.25 bits per heavy atom. The quantitative estimate of drug-likeness (QED) is 0.698. The van der Waals surface area contributed by atoms with Gasteiger partial charge in [0.25, 0.3) is 0 Å². The zero-order chi connectivity index (χ0) is 11.6. The highest BCUT2D eigenvalue weighted by Crippen LogP contribution is 2.20. The Morgan fingerprint density at radius 1 is 1.44 bits per heavy atom. The highest BCUT2D eigenvalue weighted by atomic mass is 32.2. The molecule has 2 heterocycles. The van der Waals surface area contributed by atoms with Gasteiger partial charge < -0.3 is 10.4 Å². The van der Waals surface area contributed by atoms with E-state index in [4.69, 9.17) is 0 Å². The van der Waals surface area contributed by atoms with Crippen LogP contribution < -0.4 is 5.32 Å². The second kappa shape index (κ2) is 5.00. The molecule has 6 heteroatoms. The summed E-state index contributed by atoms with van der Waals surface area (Å²) in [6.45, 7) is 2.79. The van der Waals surface area contributed by atoms with E-state index in [1.54, 1.807) is 4.31 Å². The molecule has 0 unspecified atom stereocenters. The molecule has 0 aromatic heterocycles. The van der Waals surface area contributed by atoms with Gasteiger partial charge in [0.1, 0.15) is 0 Å². The smallest absolute Gasteiger partial charge is 0.214 e. The minimum atomic E-state index is -2.97. The lowest BCUT2D eigenvalue weighted by atomic mass is 9.92. The maximum absolute atomic E-state index is 11.6. The number of hydrogen-bond donors (Lipinski definition) is 2. The first-order valence-corrected chi connectivity index (χ1v) is 7.57. The van der Waals surface area contributed by atoms with Gasteiger partial charge in [-0.2, -0.15) is 0 Å². The first kappa shape index (κ1) is 12.3. The first-order chi connectivity index (χ1) is 7.59. The van der Waals surface area contributed by atoms with Crippen molar-refractivity contribution in [2.75, 3.05) is 31.9 Å². The summed E-state index contributed by atoms with van der Waals surface area (Å²) in [5, 5.41) is 12.9. The Hall–Kier alpha value is -0.170. The van der Waals surface area contributed by atoms with Crippen LogP contribution in [0.1, 0.15) is 19.3 Å². The lowest BCUT2D eigenvalue weighted by Crippen LogP contribution is -2.42. The Balaban J connectivity index is 1.82. The second-order valence-corrected chi connectivity index (χ2v) is 6.77. The fourth-order valence-corrected chi connectivity index (χ4v) is 4.03. The summed E-state index contributed by atoms with van der Waals surface area (Å²) in [4.78, 5) is 0. The van der Waals surface area contributed by atoms with Gasteiger partial charge in [0.2, 0.25) is 10.0 Å². The number of aliphatic hydroxyl groups excluding tert-OH is 1. The van der Waals surface area contributed by atoms with Crippen LogP contribution in [0, 0.1) is 5.92 Å². The fraction of sp³-hybridized carbons (Fsp3) is 1.00. The molecule has 0 saturated carbocycles. The van der Waals surface area contributed by atoms with Crippen LogP contribution in [0.3, 0.4) is 0 Å². The Labute approximate surface area is 96.9 Å². The number of hydrogen-bond acceptors (Lipinski definition) is 4. The van der Waals surface area contributed by atoms with Crippen LogP contribution in [0.25, 0.3) is 0 Å². The number of nitrogens with one attached hydrogen (secondary N) is 1. The normalized spacial score (nSPS) is 35.3. The molecule has 2 rings (SSSR count). The minimum absolute atomic E-state index is 0.247. The SMILES string of the molecule is O=S1(=O)CCCN1CC[C@H]1CCNC[C@@H]1O. The van der Waals surface area contributed by atoms with E-state index in [0.717, 1.165) is 25.8 Å². The van der Waals surface area contributed by atoms with Crippen molar-refractivity contribution in [1.82, 2.24) is 9.62 Å². The van der Waals surface area contributed by atoms with Crippen LogP contribution in [0.4, 0.5) is 0 Å². The van der Waals surface area contributed by atoms with E-state index in [-0.39, 0.29) is 12.0 Å². The molecule has 16 heavy (non-hydrogen) atoms. The van der Waals surface area contributed by atoms with Crippen molar-refractivity contribution in [2.45, 2.75) is 25.4 Å². The van der Waals surface area contributed by atoms with Crippen LogP contribution in [0.2, 0.25) is 0 Å². The van der Waals surface area contributed by atoms with Crippen molar-refractivity contribution >= 4 is 10.0 Å². The Bertz CT molecular complexity index is 331. The first-order valence-electron chi connectivity index (χ1n) is 5.96. The third-order valence-electron chi connectivity index (χ3n) is 3.54. The standard InChI is InChI=1S/C10H20N2O3S/c13-10-8-11-4-2-9(10)3-6-12-5-1-7-16(12,14)15/h9-11,13H,1-8H2/t9-,10+/m1/s1. The lowest BCUT2D eigenvalue weighted by Gasteiger charge is -2.29. The summed E-state index contributed by atoms with van der Waals surface area (Å²) >= 11 is 0. The third kappa shape index (κ3) is 2.74. The number of nitrogens with zero attached hydrogens (tertiary/aromatic N) is 1. The number of sulfonamides is 1. The molecule has 5 nitrogen and oxygen atoms in total. The molecular weight excluding hydrogens is 228 g/mol. The summed E-state index contributed by atoms with van der Waals surface area (Å²) in [6, 6.07) is 0. The minimum Gasteiger partial charge on any atom is -0.392 e. The van der Waals surface area contributed by atoms with Crippen molar-refractivity contribution < 1.29 is 13.5 Å². The van der Waals surface area contributed by atoms with E-state index in [0.29, 0.717) is 25.4 Å². The molecule has 2 aliphatic heterocycles. The van der Waals surface area contributed by atoms with Gasteiger partial charge in [-0.15, -0.1) is 0 Å². The van der Waals surface area contributed by atoms with Crippen LogP contribution in [0.5, 0.6) is 0 Å². The number of rotatable bonds is 3. The predicted molar refractivity (Wildman–Crippen MR) is 61.6 cm³/mol. The van der Waals surface area contributed by atoms with Gasteiger partial charge in [-0.1, -0.05) is 0 Å². The summed E-state index contributed by atoms with van der Waals surface area (Å²) in [5.41, 5.74) is 0. The van der Waals surface area contributed by atoms with Crippen LogP contribution >= 0.6 is 0 Å². The van der Waals surface area contributed by atoms with Gasteiger partial charge in [-0.05, 0) is 31.7 Å². The molecule has 2 fully saturated rings. The fourth-order valence-electron chi connectivity index (χ4n) is 2.49. The monoisotopic (exact) mass is 248 g/mol. The maximum atomic E-state index is 11.6. The molecule has 0 aromatic rings. The molecule has 2 saturated heterocycles. The second-order valence-electron chi connectivity index (χ2n) is 4.68. The van der Waals surface area contributed by atoms with Gasteiger partial charge >= 0.3 is 0 Å². The topological polar surface area (TPSA) is 69.6 Å². The van der Waals surface area contributed by atoms with Gasteiger partial charge in [0, 0.05) is 19.6 Å². The molecule has 2 N–H and O–H groups in total. The van der Waals surface area contributed by atoms with Crippen molar-refractivity contribution in [3.8, 4) is 0 Å². The molecule has 0 aromatic carbocycles. The van der Waals surface area contributed by atoms with E-state index >= 15 is 0 Å². The van der Waals surface area contributed by atoms with E-state index in [9.17, 15) is 13.5 Å².